The number of ether oxygens (including phenoxy) is 3. The SMILES string of the molecule is COC(OC)C1(COc2ccc(S(N)(=O)=O)cc2[N+](=O)[O-])CCCC2CC(Cl)=CC=C21. The molecule has 31 heavy (non-hydrogen) atoms. The van der Waals surface area contributed by atoms with Crippen molar-refractivity contribution in [3.63, 3.8) is 0 Å². The number of nitro groups is 1. The molecular formula is C20H25ClN2O7S. The second-order valence-electron chi connectivity index (χ2n) is 7.71. The Bertz CT molecular complexity index is 1020. The van der Waals surface area contributed by atoms with E-state index < -0.39 is 32.3 Å². The smallest absolute Gasteiger partial charge is 0.312 e. The van der Waals surface area contributed by atoms with Crippen LogP contribution in [0.1, 0.15) is 25.7 Å². The van der Waals surface area contributed by atoms with Crippen LogP contribution in [0.5, 0.6) is 5.75 Å². The molecule has 0 saturated heterocycles. The maximum Gasteiger partial charge on any atom is 0.312 e. The van der Waals surface area contributed by atoms with Crippen molar-refractivity contribution in [3.05, 3.63) is 51.1 Å². The van der Waals surface area contributed by atoms with Gasteiger partial charge in [-0.25, -0.2) is 13.6 Å². The summed E-state index contributed by atoms with van der Waals surface area (Å²) < 4.78 is 40.3. The van der Waals surface area contributed by atoms with E-state index in [1.807, 2.05) is 12.2 Å². The Morgan fingerprint density at radius 1 is 1.32 bits per heavy atom. The first-order valence-corrected chi connectivity index (χ1v) is 11.6. The minimum absolute atomic E-state index is 0.0443. The Morgan fingerprint density at radius 3 is 2.65 bits per heavy atom. The van der Waals surface area contributed by atoms with Gasteiger partial charge in [-0.2, -0.15) is 0 Å². The molecule has 0 amide bonds. The number of allylic oxidation sites excluding steroid dienone is 3. The average Bonchev–Trinajstić information content (AvgIpc) is 2.72. The van der Waals surface area contributed by atoms with Gasteiger partial charge in [-0.1, -0.05) is 29.7 Å². The summed E-state index contributed by atoms with van der Waals surface area (Å²) in [5.74, 6) is 0.136. The Hall–Kier alpha value is -1.98. The average molecular weight is 473 g/mol. The lowest BCUT2D eigenvalue weighted by molar-refractivity contribution is -0.386. The van der Waals surface area contributed by atoms with Gasteiger partial charge in [-0.05, 0) is 43.4 Å². The first kappa shape index (κ1) is 23.7. The number of nitrogens with two attached hydrogens (primary N) is 1. The highest BCUT2D eigenvalue weighted by Crippen LogP contribution is 2.51. The summed E-state index contributed by atoms with van der Waals surface area (Å²) in [6, 6.07) is 3.32. The van der Waals surface area contributed by atoms with Crippen molar-refractivity contribution in [2.24, 2.45) is 16.5 Å². The number of nitrogens with zero attached hydrogens (tertiary/aromatic N) is 1. The molecule has 1 aromatic rings. The van der Waals surface area contributed by atoms with E-state index in [0.717, 1.165) is 29.5 Å². The van der Waals surface area contributed by atoms with E-state index >= 15 is 0 Å². The summed E-state index contributed by atoms with van der Waals surface area (Å²) in [6.07, 6.45) is 6.40. The molecule has 1 saturated carbocycles. The van der Waals surface area contributed by atoms with Gasteiger partial charge >= 0.3 is 5.69 Å². The molecule has 2 N–H and O–H groups in total. The Balaban J connectivity index is 2.00. The fourth-order valence-corrected chi connectivity index (χ4v) is 5.32. The van der Waals surface area contributed by atoms with Crippen molar-refractivity contribution in [1.82, 2.24) is 0 Å². The fourth-order valence-electron chi connectivity index (χ4n) is 4.54. The minimum atomic E-state index is -4.09. The predicted molar refractivity (Wildman–Crippen MR) is 114 cm³/mol. The number of nitro benzene ring substituents is 1. The number of sulfonamides is 1. The van der Waals surface area contributed by atoms with Crippen LogP contribution in [0.15, 0.2) is 45.9 Å². The largest absolute Gasteiger partial charge is 0.486 e. The third-order valence-corrected chi connectivity index (χ3v) is 7.09. The van der Waals surface area contributed by atoms with E-state index in [-0.39, 0.29) is 23.2 Å². The molecule has 2 aliphatic rings. The Morgan fingerprint density at radius 2 is 2.03 bits per heavy atom. The van der Waals surface area contributed by atoms with Crippen molar-refractivity contribution in [1.29, 1.82) is 0 Å². The summed E-state index contributed by atoms with van der Waals surface area (Å²) in [6.45, 7) is 0.0443. The zero-order chi connectivity index (χ0) is 22.8. The molecule has 0 spiro atoms. The van der Waals surface area contributed by atoms with E-state index in [4.69, 9.17) is 31.0 Å². The zero-order valence-electron chi connectivity index (χ0n) is 17.2. The Labute approximate surface area is 186 Å². The van der Waals surface area contributed by atoms with Gasteiger partial charge in [0.2, 0.25) is 10.0 Å². The van der Waals surface area contributed by atoms with E-state index in [9.17, 15) is 18.5 Å². The first-order chi connectivity index (χ1) is 14.6. The van der Waals surface area contributed by atoms with Gasteiger partial charge in [-0.15, -0.1) is 0 Å². The summed E-state index contributed by atoms with van der Waals surface area (Å²) in [7, 11) is -1.02. The van der Waals surface area contributed by atoms with Crippen LogP contribution in [0.25, 0.3) is 0 Å². The molecule has 1 fully saturated rings. The normalized spacial score (nSPS) is 23.7. The molecule has 0 aliphatic heterocycles. The molecule has 0 radical (unpaired) electrons. The predicted octanol–water partition coefficient (Wildman–Crippen LogP) is 3.48. The van der Waals surface area contributed by atoms with Gasteiger partial charge in [0.25, 0.3) is 0 Å². The summed E-state index contributed by atoms with van der Waals surface area (Å²) >= 11 is 6.25. The topological polar surface area (TPSA) is 131 Å². The second kappa shape index (κ2) is 9.25. The van der Waals surface area contributed by atoms with Crippen LogP contribution >= 0.6 is 11.6 Å². The highest BCUT2D eigenvalue weighted by molar-refractivity contribution is 7.89. The molecular weight excluding hydrogens is 448 g/mol. The first-order valence-electron chi connectivity index (χ1n) is 9.68. The maximum atomic E-state index is 11.6. The second-order valence-corrected chi connectivity index (χ2v) is 9.76. The van der Waals surface area contributed by atoms with Crippen LogP contribution < -0.4 is 9.88 Å². The molecule has 2 aliphatic carbocycles. The standard InChI is InChI=1S/C20H25ClN2O7S/c1-28-19(29-2)20(9-3-4-13-10-14(21)5-7-16(13)20)12-30-18-8-6-15(31(22,26)27)11-17(18)23(24)25/h5-8,11,13,19H,3-4,9-10,12H2,1-2H3,(H2,22,26,27). The number of fused-ring (bicyclic) bond motifs is 1. The molecule has 0 heterocycles. The number of halogens is 1. The van der Waals surface area contributed by atoms with Crippen LogP contribution in [0, 0.1) is 21.4 Å². The van der Waals surface area contributed by atoms with Crippen molar-refractivity contribution in [2.75, 3.05) is 20.8 Å². The molecule has 11 heteroatoms. The summed E-state index contributed by atoms with van der Waals surface area (Å²) in [4.78, 5) is 10.5. The number of hydrogen-bond acceptors (Lipinski definition) is 7. The highest BCUT2D eigenvalue weighted by atomic mass is 35.5. The summed E-state index contributed by atoms with van der Waals surface area (Å²) in [5.41, 5.74) is -0.103. The molecule has 2 atom stereocenters. The van der Waals surface area contributed by atoms with Crippen LogP contribution in [-0.4, -0.2) is 40.5 Å². The zero-order valence-corrected chi connectivity index (χ0v) is 18.8. The van der Waals surface area contributed by atoms with Gasteiger partial charge in [0.15, 0.2) is 12.0 Å². The van der Waals surface area contributed by atoms with Gasteiger partial charge in [0.05, 0.1) is 15.2 Å². The number of rotatable bonds is 8. The number of methoxy groups -OCH3 is 2. The molecule has 1 aromatic carbocycles. The molecule has 0 bridgehead atoms. The van der Waals surface area contributed by atoms with Gasteiger partial charge < -0.3 is 14.2 Å². The number of benzene rings is 1. The lowest BCUT2D eigenvalue weighted by atomic mass is 9.63. The quantitative estimate of drug-likeness (QED) is 0.348. The van der Waals surface area contributed by atoms with Crippen LogP contribution in [-0.2, 0) is 19.5 Å². The van der Waals surface area contributed by atoms with Crippen LogP contribution in [0.4, 0.5) is 5.69 Å². The maximum absolute atomic E-state index is 11.6. The van der Waals surface area contributed by atoms with Crippen molar-refractivity contribution >= 4 is 27.3 Å². The molecule has 0 aromatic heterocycles. The molecule has 9 nitrogen and oxygen atoms in total. The van der Waals surface area contributed by atoms with Gasteiger partial charge in [0.1, 0.15) is 6.61 Å². The Kier molecular flexibility index (Phi) is 7.07. The van der Waals surface area contributed by atoms with Crippen molar-refractivity contribution in [3.8, 4) is 5.75 Å². The monoisotopic (exact) mass is 472 g/mol. The van der Waals surface area contributed by atoms with Crippen molar-refractivity contribution in [2.45, 2.75) is 36.9 Å². The lowest BCUT2D eigenvalue weighted by Crippen LogP contribution is -2.48. The third kappa shape index (κ3) is 4.78. The van der Waals surface area contributed by atoms with Crippen LogP contribution in [0.2, 0.25) is 0 Å². The molecule has 2 unspecified atom stereocenters. The van der Waals surface area contributed by atoms with E-state index in [1.54, 1.807) is 0 Å². The fraction of sp³-hybridized carbons (Fsp3) is 0.500. The highest BCUT2D eigenvalue weighted by Gasteiger charge is 2.49. The number of hydrogen-bond donors (Lipinski definition) is 1. The molecule has 3 rings (SSSR count). The third-order valence-electron chi connectivity index (χ3n) is 5.90. The summed E-state index contributed by atoms with van der Waals surface area (Å²) in [5, 5.41) is 17.4. The van der Waals surface area contributed by atoms with Crippen molar-refractivity contribution < 1.29 is 27.6 Å². The number of primary sulfonamides is 1. The van der Waals surface area contributed by atoms with Crippen LogP contribution in [0.3, 0.4) is 0 Å². The lowest BCUT2D eigenvalue weighted by Gasteiger charge is -2.47. The van der Waals surface area contributed by atoms with Gasteiger partial charge in [-0.3, -0.25) is 10.1 Å². The molecule has 170 valence electrons. The van der Waals surface area contributed by atoms with E-state index in [0.29, 0.717) is 12.8 Å². The van der Waals surface area contributed by atoms with Gasteiger partial charge in [0, 0.05) is 25.3 Å². The van der Waals surface area contributed by atoms with E-state index in [2.05, 4.69) is 0 Å². The van der Waals surface area contributed by atoms with E-state index in [1.165, 1.54) is 26.4 Å². The minimum Gasteiger partial charge on any atom is -0.486 e.